The predicted molar refractivity (Wildman–Crippen MR) is 299 cm³/mol. The molecular formula is C62H56N2O2Si2. The highest BCUT2D eigenvalue weighted by Crippen LogP contribution is 2.51. The van der Waals surface area contributed by atoms with Gasteiger partial charge in [-0.3, -0.25) is 0 Å². The first kappa shape index (κ1) is 42.2. The van der Waals surface area contributed by atoms with Crippen molar-refractivity contribution in [2.75, 3.05) is 9.80 Å². The summed E-state index contributed by atoms with van der Waals surface area (Å²) in [5, 5.41) is 14.7. The fraction of sp³-hybridized carbons (Fsp3) is 0.161. The van der Waals surface area contributed by atoms with Crippen LogP contribution in [-0.4, -0.2) is 16.1 Å². The van der Waals surface area contributed by atoms with Gasteiger partial charge in [-0.15, -0.1) is 0 Å². The molecule has 0 unspecified atom stereocenters. The topological polar surface area (TPSA) is 32.8 Å². The molecule has 68 heavy (non-hydrogen) atoms. The van der Waals surface area contributed by atoms with Crippen molar-refractivity contribution in [3.8, 4) is 0 Å². The van der Waals surface area contributed by atoms with E-state index in [9.17, 15) is 0 Å². The van der Waals surface area contributed by atoms with Crippen molar-refractivity contribution in [3.63, 3.8) is 0 Å². The molecule has 2 heterocycles. The highest BCUT2D eigenvalue weighted by Gasteiger charge is 2.28. The number of fused-ring (bicyclic) bond motifs is 6. The van der Waals surface area contributed by atoms with Crippen LogP contribution in [-0.2, 0) is 0 Å². The van der Waals surface area contributed by atoms with E-state index in [0.717, 1.165) is 100 Å². The summed E-state index contributed by atoms with van der Waals surface area (Å²) in [7, 11) is -3.14. The zero-order valence-electron chi connectivity index (χ0n) is 40.7. The maximum absolute atomic E-state index is 6.99. The smallest absolute Gasteiger partial charge is 0.159 e. The Balaban J connectivity index is 1.14. The second-order valence-corrected chi connectivity index (χ2v) is 31.3. The molecule has 12 aromatic rings. The van der Waals surface area contributed by atoms with Gasteiger partial charge in [0.15, 0.2) is 11.2 Å². The van der Waals surface area contributed by atoms with Crippen LogP contribution in [0.4, 0.5) is 34.1 Å². The van der Waals surface area contributed by atoms with Crippen LogP contribution >= 0.6 is 0 Å². The number of nitrogens with zero attached hydrogens (tertiary/aromatic N) is 2. The van der Waals surface area contributed by atoms with Gasteiger partial charge in [0.2, 0.25) is 0 Å². The van der Waals surface area contributed by atoms with Crippen LogP contribution in [0, 0.1) is 27.7 Å². The fourth-order valence-corrected chi connectivity index (χ4v) is 13.2. The molecule has 0 atom stereocenters. The molecule has 0 bridgehead atoms. The van der Waals surface area contributed by atoms with E-state index in [2.05, 4.69) is 235 Å². The summed E-state index contributed by atoms with van der Waals surface area (Å²) >= 11 is 0. The molecule has 0 fully saturated rings. The van der Waals surface area contributed by atoms with Gasteiger partial charge in [0, 0.05) is 43.7 Å². The van der Waals surface area contributed by atoms with Crippen LogP contribution in [0.15, 0.2) is 167 Å². The third-order valence-electron chi connectivity index (χ3n) is 14.6. The largest absolute Gasteiger partial charge is 0.454 e. The lowest BCUT2D eigenvalue weighted by molar-refractivity contribution is 0.665. The molecule has 0 aliphatic heterocycles. The number of para-hydroxylation sites is 2. The molecule has 0 amide bonds. The number of hydrogen-bond donors (Lipinski definition) is 0. The van der Waals surface area contributed by atoms with Crippen molar-refractivity contribution >= 4 is 137 Å². The van der Waals surface area contributed by atoms with E-state index in [1.807, 2.05) is 0 Å². The minimum absolute atomic E-state index is 0.901. The Kier molecular flexibility index (Phi) is 9.44. The lowest BCUT2D eigenvalue weighted by Gasteiger charge is -2.31. The molecule has 0 aliphatic carbocycles. The number of anilines is 6. The molecule has 12 rings (SSSR count). The summed E-state index contributed by atoms with van der Waals surface area (Å²) in [6.45, 7) is 23.2. The summed E-state index contributed by atoms with van der Waals surface area (Å²) in [4.78, 5) is 4.94. The molecule has 334 valence electrons. The number of furan rings is 2. The Bertz CT molecular complexity index is 3720. The van der Waals surface area contributed by atoms with Gasteiger partial charge in [-0.2, -0.15) is 0 Å². The van der Waals surface area contributed by atoms with Crippen LogP contribution in [0.3, 0.4) is 0 Å². The Morgan fingerprint density at radius 3 is 1.06 bits per heavy atom. The Morgan fingerprint density at radius 2 is 0.676 bits per heavy atom. The van der Waals surface area contributed by atoms with Crippen molar-refractivity contribution in [1.29, 1.82) is 0 Å². The van der Waals surface area contributed by atoms with Crippen LogP contribution in [0.1, 0.15) is 22.3 Å². The van der Waals surface area contributed by atoms with Gasteiger partial charge in [-0.05, 0) is 108 Å². The van der Waals surface area contributed by atoms with E-state index < -0.39 is 16.1 Å². The number of hydrogen-bond acceptors (Lipinski definition) is 4. The molecule has 6 heteroatoms. The highest BCUT2D eigenvalue weighted by molar-refractivity contribution is 6.89. The lowest BCUT2D eigenvalue weighted by Crippen LogP contribution is -2.37. The van der Waals surface area contributed by atoms with Crippen molar-refractivity contribution in [2.45, 2.75) is 67.0 Å². The first-order valence-corrected chi connectivity index (χ1v) is 31.0. The maximum Gasteiger partial charge on any atom is 0.159 e. The Morgan fingerprint density at radius 1 is 0.324 bits per heavy atom. The minimum Gasteiger partial charge on any atom is -0.454 e. The standard InChI is InChI=1S/C62H56N2O2Si2/c1-37-17-31-49-47-15-11-13-39(3)59(47)65-61(49)57(37)63(43-23-27-45(28-24-43)67(5,6)7)53-35-21-41-20-34-52-54(36-22-42-19-33-51(53)55(41)56(42)52)64(44-25-29-46(30-26-44)68(8,9)10)58-38(2)18-32-50-48-16-12-14-40(4)60(48)66-62(50)58/h11-36H,1-10H3. The van der Waals surface area contributed by atoms with Crippen molar-refractivity contribution in [3.05, 3.63) is 180 Å². The Hall–Kier alpha value is -7.13. The molecule has 0 saturated carbocycles. The fourth-order valence-electron chi connectivity index (χ4n) is 10.9. The van der Waals surface area contributed by atoms with E-state index in [1.165, 1.54) is 42.7 Å². The molecule has 0 aliphatic rings. The molecule has 2 aromatic heterocycles. The average molecular weight is 917 g/mol. The second-order valence-electron chi connectivity index (χ2n) is 21.2. The second kappa shape index (κ2) is 15.2. The molecule has 10 aromatic carbocycles. The number of rotatable bonds is 8. The van der Waals surface area contributed by atoms with E-state index in [-0.39, 0.29) is 0 Å². The summed E-state index contributed by atoms with van der Waals surface area (Å²) in [6.07, 6.45) is 0. The van der Waals surface area contributed by atoms with Crippen LogP contribution in [0.2, 0.25) is 39.3 Å². The van der Waals surface area contributed by atoms with Gasteiger partial charge in [0.25, 0.3) is 0 Å². The third kappa shape index (κ3) is 6.45. The zero-order chi connectivity index (χ0) is 47.0. The van der Waals surface area contributed by atoms with E-state index in [1.54, 1.807) is 0 Å². The SMILES string of the molecule is Cc1ccc2c(oc3c(C)cccc32)c1N(c1ccc([Si](C)(C)C)cc1)c1ccc2ccc3c(N(c4ccc([Si](C)(C)C)cc4)c4c(C)ccc5c4oc4c(C)cccc45)ccc4ccc1c2c43. The average Bonchev–Trinajstić information content (AvgIpc) is 3.90. The quantitative estimate of drug-likeness (QED) is 0.112. The normalized spacial score (nSPS) is 12.6. The summed E-state index contributed by atoms with van der Waals surface area (Å²) in [5.74, 6) is 0. The monoisotopic (exact) mass is 916 g/mol. The third-order valence-corrected chi connectivity index (χ3v) is 18.7. The molecule has 0 saturated heterocycles. The van der Waals surface area contributed by atoms with Crippen LogP contribution < -0.4 is 20.2 Å². The summed E-state index contributed by atoms with van der Waals surface area (Å²) in [6, 6.07) is 59.2. The van der Waals surface area contributed by atoms with Crippen molar-refractivity contribution in [2.24, 2.45) is 0 Å². The molecule has 0 spiro atoms. The van der Waals surface area contributed by atoms with E-state index in [4.69, 9.17) is 8.83 Å². The first-order chi connectivity index (χ1) is 32.7. The molecule has 0 radical (unpaired) electrons. The van der Waals surface area contributed by atoms with Gasteiger partial charge in [0.05, 0.1) is 38.9 Å². The predicted octanol–water partition coefficient (Wildman–Crippen LogP) is 17.6. The van der Waals surface area contributed by atoms with Gasteiger partial charge in [0.1, 0.15) is 11.2 Å². The lowest BCUT2D eigenvalue weighted by atomic mass is 9.91. The van der Waals surface area contributed by atoms with E-state index >= 15 is 0 Å². The van der Waals surface area contributed by atoms with Gasteiger partial charge in [-0.1, -0.05) is 171 Å². The minimum atomic E-state index is -1.57. The van der Waals surface area contributed by atoms with Gasteiger partial charge >= 0.3 is 0 Å². The number of benzene rings is 10. The van der Waals surface area contributed by atoms with Crippen LogP contribution in [0.5, 0.6) is 0 Å². The summed E-state index contributed by atoms with van der Waals surface area (Å²) < 4.78 is 14.0. The zero-order valence-corrected chi connectivity index (χ0v) is 42.7. The van der Waals surface area contributed by atoms with Crippen LogP contribution in [0.25, 0.3) is 76.2 Å². The van der Waals surface area contributed by atoms with Gasteiger partial charge < -0.3 is 18.6 Å². The number of aryl methyl sites for hydroxylation is 4. The maximum atomic E-state index is 6.99. The Labute approximate surface area is 400 Å². The first-order valence-electron chi connectivity index (χ1n) is 24.0. The van der Waals surface area contributed by atoms with Gasteiger partial charge in [-0.25, -0.2) is 0 Å². The van der Waals surface area contributed by atoms with Crippen molar-refractivity contribution in [1.82, 2.24) is 0 Å². The molecule has 4 nitrogen and oxygen atoms in total. The highest BCUT2D eigenvalue weighted by atomic mass is 28.3. The van der Waals surface area contributed by atoms with Crippen molar-refractivity contribution < 1.29 is 8.83 Å². The summed E-state index contributed by atoms with van der Waals surface area (Å²) in [5.41, 5.74) is 14.8. The molecule has 0 N–H and O–H groups in total. The van der Waals surface area contributed by atoms with E-state index in [0.29, 0.717) is 0 Å². The molecular weight excluding hydrogens is 861 g/mol.